The summed E-state index contributed by atoms with van der Waals surface area (Å²) in [5, 5.41) is 16.4. The molecule has 5 rings (SSSR count). The van der Waals surface area contributed by atoms with E-state index >= 15 is 0 Å². The zero-order chi connectivity index (χ0) is 30.0. The molecule has 2 fully saturated rings. The number of hydrogen-bond acceptors (Lipinski definition) is 10. The quantitative estimate of drug-likeness (QED) is 0.388. The fraction of sp³-hybridized carbons (Fsp3) is 0.552. The Morgan fingerprint density at radius 3 is 2.62 bits per heavy atom. The van der Waals surface area contributed by atoms with Crippen LogP contribution in [0.2, 0.25) is 0 Å². The van der Waals surface area contributed by atoms with Crippen LogP contribution in [-0.4, -0.2) is 75.6 Å². The Morgan fingerprint density at radius 2 is 1.93 bits per heavy atom. The van der Waals surface area contributed by atoms with E-state index in [1.54, 1.807) is 19.9 Å². The molecule has 2 aromatic heterocycles. The molecule has 2 aliphatic heterocycles. The van der Waals surface area contributed by atoms with Gasteiger partial charge in [-0.3, -0.25) is 4.90 Å². The van der Waals surface area contributed by atoms with Gasteiger partial charge in [-0.25, -0.2) is 13.2 Å². The molecule has 2 aliphatic rings. The van der Waals surface area contributed by atoms with Crippen LogP contribution in [0.15, 0.2) is 28.8 Å². The third-order valence-electron chi connectivity index (χ3n) is 7.91. The average Bonchev–Trinajstić information content (AvgIpc) is 3.56. The molecule has 224 valence electrons. The number of rotatable bonds is 9. The number of nitrogens with one attached hydrogen (secondary N) is 1. The highest BCUT2D eigenvalue weighted by molar-refractivity contribution is 5.45. The second-order valence-corrected chi connectivity index (χ2v) is 11.5. The van der Waals surface area contributed by atoms with E-state index in [2.05, 4.69) is 31.5 Å². The predicted octanol–water partition coefficient (Wildman–Crippen LogP) is 4.35. The van der Waals surface area contributed by atoms with E-state index in [1.807, 2.05) is 18.9 Å². The topological polar surface area (TPSA) is 122 Å². The summed E-state index contributed by atoms with van der Waals surface area (Å²) in [4.78, 5) is 15.3. The van der Waals surface area contributed by atoms with Gasteiger partial charge in [0, 0.05) is 30.6 Å². The van der Waals surface area contributed by atoms with E-state index in [-0.39, 0.29) is 53.1 Å². The lowest BCUT2D eigenvalue weighted by Crippen LogP contribution is -2.42. The first kappa shape index (κ1) is 29.7. The highest BCUT2D eigenvalue weighted by Gasteiger charge is 2.36. The summed E-state index contributed by atoms with van der Waals surface area (Å²) < 4.78 is 61.2. The standard InChI is InChI=1S/C29H34F3N7O3/c1-16(22-12-17(30)15-39(22)4)40-23-14-24(41-19-9-11-34-18(13-19)8-10-33)36-26(35-23)27-37-28(38-42-27)29(2,3)25-20(31)6-5-7-21(25)32/h5-7,14,16-19,22,34H,8-9,11-13,15H2,1-4H3/t16-,17+,18+,19-,22-/m0/s1. The van der Waals surface area contributed by atoms with Crippen LogP contribution in [0.4, 0.5) is 13.2 Å². The zero-order valence-electron chi connectivity index (χ0n) is 24.0. The number of nitrogens with zero attached hydrogens (tertiary/aromatic N) is 6. The summed E-state index contributed by atoms with van der Waals surface area (Å²) in [6, 6.07) is 7.20. The Balaban J connectivity index is 1.45. The van der Waals surface area contributed by atoms with Crippen molar-refractivity contribution in [1.29, 1.82) is 5.26 Å². The largest absolute Gasteiger partial charge is 0.474 e. The Kier molecular flexibility index (Phi) is 8.65. The second-order valence-electron chi connectivity index (χ2n) is 11.5. The number of likely N-dealkylation sites (tertiary alicyclic amines) is 1. The Labute approximate surface area is 242 Å². The molecule has 5 atom stereocenters. The number of benzene rings is 1. The maximum atomic E-state index is 14.6. The Bertz CT molecular complexity index is 1430. The van der Waals surface area contributed by atoms with Crippen LogP contribution in [0, 0.1) is 23.0 Å². The molecule has 0 saturated carbocycles. The fourth-order valence-electron chi connectivity index (χ4n) is 5.69. The molecule has 13 heteroatoms. The average molecular weight is 586 g/mol. The van der Waals surface area contributed by atoms with Crippen LogP contribution in [-0.2, 0) is 5.41 Å². The third-order valence-corrected chi connectivity index (χ3v) is 7.91. The molecule has 0 bridgehead atoms. The molecular formula is C29H34F3N7O3. The van der Waals surface area contributed by atoms with Gasteiger partial charge < -0.3 is 19.3 Å². The van der Waals surface area contributed by atoms with Crippen molar-refractivity contribution in [1.82, 2.24) is 30.3 Å². The van der Waals surface area contributed by atoms with Crippen molar-refractivity contribution < 1.29 is 27.2 Å². The number of nitriles is 1. The molecule has 0 unspecified atom stereocenters. The van der Waals surface area contributed by atoms with Crippen molar-refractivity contribution in [3.8, 4) is 29.5 Å². The monoisotopic (exact) mass is 585 g/mol. The molecular weight excluding hydrogens is 551 g/mol. The molecule has 4 heterocycles. The smallest absolute Gasteiger partial charge is 0.296 e. The first-order valence-corrected chi connectivity index (χ1v) is 14.0. The molecule has 1 N–H and O–H groups in total. The first-order valence-electron chi connectivity index (χ1n) is 14.0. The summed E-state index contributed by atoms with van der Waals surface area (Å²) in [6.45, 7) is 6.03. The highest BCUT2D eigenvalue weighted by Crippen LogP contribution is 2.35. The molecule has 10 nitrogen and oxygen atoms in total. The van der Waals surface area contributed by atoms with E-state index in [9.17, 15) is 13.2 Å². The molecule has 1 aromatic carbocycles. The predicted molar refractivity (Wildman–Crippen MR) is 146 cm³/mol. The lowest BCUT2D eigenvalue weighted by atomic mass is 9.83. The van der Waals surface area contributed by atoms with Crippen molar-refractivity contribution in [2.24, 2.45) is 0 Å². The van der Waals surface area contributed by atoms with Crippen molar-refractivity contribution in [2.75, 3.05) is 20.1 Å². The maximum Gasteiger partial charge on any atom is 0.296 e. The lowest BCUT2D eigenvalue weighted by molar-refractivity contribution is 0.113. The van der Waals surface area contributed by atoms with Crippen LogP contribution in [0.3, 0.4) is 0 Å². The molecule has 0 aliphatic carbocycles. The zero-order valence-corrected chi connectivity index (χ0v) is 24.0. The van der Waals surface area contributed by atoms with E-state index < -0.39 is 29.3 Å². The number of halogens is 3. The molecule has 2 saturated heterocycles. The number of ether oxygens (including phenoxy) is 2. The van der Waals surface area contributed by atoms with Crippen molar-refractivity contribution in [2.45, 2.75) is 82.3 Å². The molecule has 42 heavy (non-hydrogen) atoms. The van der Waals surface area contributed by atoms with Gasteiger partial charge in [0.1, 0.15) is 30.0 Å². The number of alkyl halides is 1. The summed E-state index contributed by atoms with van der Waals surface area (Å²) in [6.07, 6.45) is 0.436. The number of aromatic nitrogens is 4. The third kappa shape index (κ3) is 6.34. The van der Waals surface area contributed by atoms with Crippen LogP contribution in [0.25, 0.3) is 11.7 Å². The van der Waals surface area contributed by atoms with Crippen molar-refractivity contribution >= 4 is 0 Å². The maximum absolute atomic E-state index is 14.6. The van der Waals surface area contributed by atoms with E-state index in [4.69, 9.17) is 19.3 Å². The fourth-order valence-corrected chi connectivity index (χ4v) is 5.69. The number of hydrogen-bond donors (Lipinski definition) is 1. The lowest BCUT2D eigenvalue weighted by Gasteiger charge is -2.29. The summed E-state index contributed by atoms with van der Waals surface area (Å²) >= 11 is 0. The minimum atomic E-state index is -1.28. The first-order chi connectivity index (χ1) is 20.0. The van der Waals surface area contributed by atoms with E-state index in [1.165, 1.54) is 18.2 Å². The summed E-state index contributed by atoms with van der Waals surface area (Å²) in [5.41, 5.74) is -1.47. The van der Waals surface area contributed by atoms with Crippen LogP contribution in [0.1, 0.15) is 57.8 Å². The van der Waals surface area contributed by atoms with Gasteiger partial charge in [-0.2, -0.15) is 20.2 Å². The highest BCUT2D eigenvalue weighted by atomic mass is 19.1. The van der Waals surface area contributed by atoms with E-state index in [0.717, 1.165) is 0 Å². The second kappa shape index (κ2) is 12.2. The van der Waals surface area contributed by atoms with Crippen LogP contribution in [0.5, 0.6) is 11.8 Å². The number of likely N-dealkylation sites (N-methyl/N-ethyl adjacent to an activating group) is 1. The van der Waals surface area contributed by atoms with Crippen LogP contribution >= 0.6 is 0 Å². The summed E-state index contributed by atoms with van der Waals surface area (Å²) in [5.74, 6) is -1.15. The van der Waals surface area contributed by atoms with Gasteiger partial charge >= 0.3 is 0 Å². The normalized spacial score (nSPS) is 23.9. The van der Waals surface area contributed by atoms with Gasteiger partial charge in [-0.15, -0.1) is 0 Å². The molecule has 0 amide bonds. The van der Waals surface area contributed by atoms with Gasteiger partial charge in [-0.05, 0) is 59.3 Å². The van der Waals surface area contributed by atoms with Gasteiger partial charge in [0.25, 0.3) is 5.89 Å². The SMILES string of the molecule is C[C@H](Oc1cc(O[C@H]2CCN[C@H](CC#N)C2)nc(-c2nc(C(C)(C)c3c(F)cccc3F)no2)n1)[C@@H]1C[C@@H](F)CN1C. The van der Waals surface area contributed by atoms with Crippen molar-refractivity contribution in [3.63, 3.8) is 0 Å². The van der Waals surface area contributed by atoms with Crippen molar-refractivity contribution in [3.05, 3.63) is 47.3 Å². The van der Waals surface area contributed by atoms with Gasteiger partial charge in [0.15, 0.2) is 5.82 Å². The molecule has 0 spiro atoms. The van der Waals surface area contributed by atoms with Crippen LogP contribution < -0.4 is 14.8 Å². The minimum Gasteiger partial charge on any atom is -0.474 e. The van der Waals surface area contributed by atoms with E-state index in [0.29, 0.717) is 38.8 Å². The summed E-state index contributed by atoms with van der Waals surface area (Å²) in [7, 11) is 1.85. The minimum absolute atomic E-state index is 0.00291. The number of piperidine rings is 1. The molecule has 0 radical (unpaired) electrons. The Hall–Kier alpha value is -3.76. The van der Waals surface area contributed by atoms with Gasteiger partial charge in [0.2, 0.25) is 17.6 Å². The molecule has 3 aromatic rings. The Morgan fingerprint density at radius 1 is 1.19 bits per heavy atom. The van der Waals surface area contributed by atoms with Gasteiger partial charge in [0.05, 0.1) is 24.0 Å². The van der Waals surface area contributed by atoms with Gasteiger partial charge in [-0.1, -0.05) is 11.2 Å².